The van der Waals surface area contributed by atoms with Crippen LogP contribution in [-0.4, -0.2) is 24.6 Å². The molecule has 0 saturated heterocycles. The third-order valence-corrected chi connectivity index (χ3v) is 1.91. The molecule has 17 heavy (non-hydrogen) atoms. The first kappa shape index (κ1) is 12.9. The second-order valence-electron chi connectivity index (χ2n) is 3.04. The molecule has 0 aliphatic rings. The largest absolute Gasteiger partial charge is 0.486 e. The maximum atomic E-state index is 12.8. The Balaban J connectivity index is 2.70. The van der Waals surface area contributed by atoms with Crippen molar-refractivity contribution in [2.45, 2.75) is 6.42 Å². The van der Waals surface area contributed by atoms with E-state index >= 15 is 0 Å². The fourth-order valence-electron chi connectivity index (χ4n) is 1.10. The van der Waals surface area contributed by atoms with Crippen LogP contribution < -0.4 is 4.74 Å². The van der Waals surface area contributed by atoms with E-state index in [0.29, 0.717) is 0 Å². The highest BCUT2D eigenvalue weighted by Crippen LogP contribution is 2.27. The molecule has 0 fully saturated rings. The molecule has 0 saturated carbocycles. The van der Waals surface area contributed by atoms with E-state index in [0.717, 1.165) is 18.2 Å². The van der Waals surface area contributed by atoms with Crippen LogP contribution in [0.5, 0.6) is 5.75 Å². The zero-order valence-corrected chi connectivity index (χ0v) is 9.01. The van der Waals surface area contributed by atoms with Gasteiger partial charge < -0.3 is 9.47 Å². The summed E-state index contributed by atoms with van der Waals surface area (Å²) in [4.78, 5) is 20.6. The van der Waals surface area contributed by atoms with Crippen LogP contribution in [0.4, 0.5) is 10.1 Å². The summed E-state index contributed by atoms with van der Waals surface area (Å²) in [5.74, 6) is -1.30. The molecule has 0 spiro atoms. The fraction of sp³-hybridized carbons (Fsp3) is 0.300. The van der Waals surface area contributed by atoms with E-state index in [9.17, 15) is 19.3 Å². The number of methoxy groups -OCH3 is 1. The normalized spacial score (nSPS) is 9.76. The lowest BCUT2D eigenvalue weighted by Crippen LogP contribution is -2.08. The number of hydrogen-bond acceptors (Lipinski definition) is 5. The molecule has 1 aromatic carbocycles. The van der Waals surface area contributed by atoms with Gasteiger partial charge in [0.1, 0.15) is 5.82 Å². The number of rotatable bonds is 5. The van der Waals surface area contributed by atoms with Crippen molar-refractivity contribution in [3.05, 3.63) is 34.1 Å². The SMILES string of the molecule is COC(=O)CCOc1ccc(F)cc1[N+](=O)[O-]. The van der Waals surface area contributed by atoms with Gasteiger partial charge in [-0.25, -0.2) is 4.39 Å². The van der Waals surface area contributed by atoms with Gasteiger partial charge in [-0.1, -0.05) is 0 Å². The summed E-state index contributed by atoms with van der Waals surface area (Å²) in [5, 5.41) is 10.6. The molecule has 0 atom stereocenters. The van der Waals surface area contributed by atoms with Gasteiger partial charge in [0, 0.05) is 0 Å². The van der Waals surface area contributed by atoms with Gasteiger partial charge in [-0.2, -0.15) is 0 Å². The third-order valence-electron chi connectivity index (χ3n) is 1.91. The van der Waals surface area contributed by atoms with Crippen molar-refractivity contribution in [3.8, 4) is 5.75 Å². The van der Waals surface area contributed by atoms with E-state index in [1.165, 1.54) is 7.11 Å². The lowest BCUT2D eigenvalue weighted by Gasteiger charge is -2.05. The minimum absolute atomic E-state index is 0.0367. The molecule has 0 aliphatic heterocycles. The van der Waals surface area contributed by atoms with Crippen LogP contribution in [0.1, 0.15) is 6.42 Å². The molecule has 0 aliphatic carbocycles. The van der Waals surface area contributed by atoms with Crippen LogP contribution in [0.2, 0.25) is 0 Å². The highest BCUT2D eigenvalue weighted by atomic mass is 19.1. The van der Waals surface area contributed by atoms with Crippen molar-refractivity contribution >= 4 is 11.7 Å². The van der Waals surface area contributed by atoms with Gasteiger partial charge in [-0.05, 0) is 12.1 Å². The van der Waals surface area contributed by atoms with Gasteiger partial charge in [0.25, 0.3) is 0 Å². The number of esters is 1. The Morgan fingerprint density at radius 3 is 2.82 bits per heavy atom. The quantitative estimate of drug-likeness (QED) is 0.446. The number of carbonyl (C=O) groups is 1. The summed E-state index contributed by atoms with van der Waals surface area (Å²) in [6.45, 7) is -0.0703. The molecule has 1 aromatic rings. The van der Waals surface area contributed by atoms with Crippen LogP contribution in [0, 0.1) is 15.9 Å². The number of ether oxygens (including phenoxy) is 2. The predicted molar refractivity (Wildman–Crippen MR) is 55.2 cm³/mol. The Morgan fingerprint density at radius 1 is 1.53 bits per heavy atom. The maximum Gasteiger partial charge on any atom is 0.313 e. The second-order valence-corrected chi connectivity index (χ2v) is 3.04. The summed E-state index contributed by atoms with van der Waals surface area (Å²) in [6, 6.07) is 2.94. The summed E-state index contributed by atoms with van der Waals surface area (Å²) < 4.78 is 22.2. The van der Waals surface area contributed by atoms with Crippen LogP contribution in [-0.2, 0) is 9.53 Å². The van der Waals surface area contributed by atoms with E-state index in [1.807, 2.05) is 0 Å². The van der Waals surface area contributed by atoms with Crippen molar-refractivity contribution in [2.24, 2.45) is 0 Å². The number of nitrogens with zero attached hydrogens (tertiary/aromatic N) is 1. The van der Waals surface area contributed by atoms with Crippen molar-refractivity contribution in [1.82, 2.24) is 0 Å². The molecule has 0 N–H and O–H groups in total. The number of halogens is 1. The van der Waals surface area contributed by atoms with E-state index in [4.69, 9.17) is 4.74 Å². The molecule has 0 radical (unpaired) electrons. The molecule has 6 nitrogen and oxygen atoms in total. The molecule has 0 heterocycles. The van der Waals surface area contributed by atoms with Gasteiger partial charge in [0.05, 0.1) is 31.1 Å². The molecule has 0 bridgehead atoms. The van der Waals surface area contributed by atoms with E-state index in [1.54, 1.807) is 0 Å². The van der Waals surface area contributed by atoms with Crippen LogP contribution in [0.3, 0.4) is 0 Å². The summed E-state index contributed by atoms with van der Waals surface area (Å²) >= 11 is 0. The average Bonchev–Trinajstić information content (AvgIpc) is 2.30. The first-order valence-electron chi connectivity index (χ1n) is 4.68. The van der Waals surface area contributed by atoms with E-state index < -0.39 is 22.4 Å². The molecule has 7 heteroatoms. The van der Waals surface area contributed by atoms with E-state index in [2.05, 4.69) is 4.74 Å². The Kier molecular flexibility index (Phi) is 4.38. The van der Waals surface area contributed by atoms with Gasteiger partial charge in [-0.3, -0.25) is 14.9 Å². The predicted octanol–water partition coefficient (Wildman–Crippen LogP) is 1.68. The smallest absolute Gasteiger partial charge is 0.313 e. The second kappa shape index (κ2) is 5.78. The standard InChI is InChI=1S/C10H10FNO5/c1-16-10(13)4-5-17-9-3-2-7(11)6-8(9)12(14)15/h2-3,6H,4-5H2,1H3. The Morgan fingerprint density at radius 2 is 2.24 bits per heavy atom. The molecule has 1 rings (SSSR count). The number of nitro groups is 1. The number of hydrogen-bond donors (Lipinski definition) is 0. The highest BCUT2D eigenvalue weighted by molar-refractivity contribution is 5.69. The Bertz CT molecular complexity index is 435. The van der Waals surface area contributed by atoms with Crippen LogP contribution >= 0.6 is 0 Å². The van der Waals surface area contributed by atoms with Gasteiger partial charge in [0.2, 0.25) is 0 Å². The topological polar surface area (TPSA) is 78.7 Å². The molecule has 0 unspecified atom stereocenters. The van der Waals surface area contributed by atoms with E-state index in [-0.39, 0.29) is 18.8 Å². The van der Waals surface area contributed by atoms with Crippen LogP contribution in [0.15, 0.2) is 18.2 Å². The maximum absolute atomic E-state index is 12.8. The first-order chi connectivity index (χ1) is 8.04. The van der Waals surface area contributed by atoms with Crippen LogP contribution in [0.25, 0.3) is 0 Å². The number of nitro benzene ring substituents is 1. The monoisotopic (exact) mass is 243 g/mol. The average molecular weight is 243 g/mol. The van der Waals surface area contributed by atoms with Crippen molar-refractivity contribution in [1.29, 1.82) is 0 Å². The van der Waals surface area contributed by atoms with Crippen molar-refractivity contribution < 1.29 is 23.6 Å². The summed E-state index contributed by atoms with van der Waals surface area (Å²) in [6.07, 6.45) is -0.0367. The first-order valence-corrected chi connectivity index (χ1v) is 4.68. The van der Waals surface area contributed by atoms with Crippen molar-refractivity contribution in [3.63, 3.8) is 0 Å². The van der Waals surface area contributed by atoms with Crippen molar-refractivity contribution in [2.75, 3.05) is 13.7 Å². The third kappa shape index (κ3) is 3.71. The zero-order chi connectivity index (χ0) is 12.8. The lowest BCUT2D eigenvalue weighted by molar-refractivity contribution is -0.386. The van der Waals surface area contributed by atoms with Gasteiger partial charge in [-0.15, -0.1) is 0 Å². The molecule has 0 aromatic heterocycles. The summed E-state index contributed by atoms with van der Waals surface area (Å²) in [5.41, 5.74) is -0.477. The minimum atomic E-state index is -0.753. The van der Waals surface area contributed by atoms with Gasteiger partial charge in [0.15, 0.2) is 5.75 Å². The Hall–Kier alpha value is -2.18. The number of carbonyl (C=O) groups excluding carboxylic acids is 1. The Labute approximate surface area is 96.1 Å². The molecule has 92 valence electrons. The molecule has 0 amide bonds. The molecular weight excluding hydrogens is 233 g/mol. The van der Waals surface area contributed by atoms with Gasteiger partial charge >= 0.3 is 11.7 Å². The highest BCUT2D eigenvalue weighted by Gasteiger charge is 2.16. The fourth-order valence-corrected chi connectivity index (χ4v) is 1.10. The summed E-state index contributed by atoms with van der Waals surface area (Å²) in [7, 11) is 1.22. The minimum Gasteiger partial charge on any atom is -0.486 e. The zero-order valence-electron chi connectivity index (χ0n) is 9.01. The lowest BCUT2D eigenvalue weighted by atomic mass is 10.3. The molecular formula is C10H10FNO5. The number of benzene rings is 1.